The molecule has 1 heterocycles. The number of hydrogen-bond acceptors (Lipinski definition) is 2. The average Bonchev–Trinajstić information content (AvgIpc) is 2.50. The molecule has 2 N–H and O–H groups in total. The van der Waals surface area contributed by atoms with E-state index in [1.54, 1.807) is 6.07 Å². The third-order valence-corrected chi connectivity index (χ3v) is 3.35. The Labute approximate surface area is 84.2 Å². The Hall–Kier alpha value is -1.16. The van der Waals surface area contributed by atoms with Crippen molar-refractivity contribution in [2.45, 2.75) is 13.3 Å². The normalized spacial score (nSPS) is 11.4. The zero-order chi connectivity index (χ0) is 10.3. The van der Waals surface area contributed by atoms with E-state index in [1.807, 2.05) is 12.3 Å². The molecule has 74 valence electrons. The van der Waals surface area contributed by atoms with Crippen LogP contribution in [0, 0.1) is 6.92 Å². The fraction of sp³-hybridized carbons (Fsp3) is 0.200. The molecular formula is C10H9F2NS. The summed E-state index contributed by atoms with van der Waals surface area (Å²) in [5.41, 5.74) is 7.22. The second-order valence-electron chi connectivity index (χ2n) is 3.17. The SMILES string of the molecule is Cc1csc2c(N)ccc(C(F)F)c12. The number of nitrogen functional groups attached to an aromatic ring is 1. The molecule has 0 radical (unpaired) electrons. The smallest absolute Gasteiger partial charge is 0.264 e. The summed E-state index contributed by atoms with van der Waals surface area (Å²) in [6.45, 7) is 1.82. The first-order valence-electron chi connectivity index (χ1n) is 4.15. The number of benzene rings is 1. The lowest BCUT2D eigenvalue weighted by atomic mass is 10.1. The van der Waals surface area contributed by atoms with Gasteiger partial charge in [-0.2, -0.15) is 0 Å². The number of nitrogens with two attached hydrogens (primary N) is 1. The summed E-state index contributed by atoms with van der Waals surface area (Å²) >= 11 is 1.41. The van der Waals surface area contributed by atoms with Crippen LogP contribution in [0.2, 0.25) is 0 Å². The molecule has 1 aromatic heterocycles. The summed E-state index contributed by atoms with van der Waals surface area (Å²) in [6, 6.07) is 2.95. The minimum absolute atomic E-state index is 0.0768. The van der Waals surface area contributed by atoms with Gasteiger partial charge in [0.15, 0.2) is 0 Å². The fourth-order valence-electron chi connectivity index (χ4n) is 1.54. The summed E-state index contributed by atoms with van der Waals surface area (Å²) < 4.78 is 26.1. The van der Waals surface area contributed by atoms with Gasteiger partial charge in [-0.1, -0.05) is 6.07 Å². The number of fused-ring (bicyclic) bond motifs is 1. The zero-order valence-corrected chi connectivity index (χ0v) is 8.37. The van der Waals surface area contributed by atoms with E-state index < -0.39 is 6.43 Å². The van der Waals surface area contributed by atoms with Crippen LogP contribution in [0.15, 0.2) is 17.5 Å². The average molecular weight is 213 g/mol. The van der Waals surface area contributed by atoms with Crippen molar-refractivity contribution < 1.29 is 8.78 Å². The predicted octanol–water partition coefficient (Wildman–Crippen LogP) is 3.73. The topological polar surface area (TPSA) is 26.0 Å². The molecule has 0 bridgehead atoms. The van der Waals surface area contributed by atoms with Crippen molar-refractivity contribution in [3.8, 4) is 0 Å². The van der Waals surface area contributed by atoms with Crippen LogP contribution in [0.5, 0.6) is 0 Å². The highest BCUT2D eigenvalue weighted by Gasteiger charge is 2.15. The first-order valence-corrected chi connectivity index (χ1v) is 5.03. The minimum Gasteiger partial charge on any atom is -0.398 e. The van der Waals surface area contributed by atoms with Gasteiger partial charge in [-0.3, -0.25) is 0 Å². The second-order valence-corrected chi connectivity index (χ2v) is 4.05. The van der Waals surface area contributed by atoms with Crippen LogP contribution in [-0.2, 0) is 0 Å². The Morgan fingerprint density at radius 1 is 1.36 bits per heavy atom. The van der Waals surface area contributed by atoms with Crippen molar-refractivity contribution >= 4 is 27.1 Å². The lowest BCUT2D eigenvalue weighted by Gasteiger charge is -2.04. The van der Waals surface area contributed by atoms with E-state index in [9.17, 15) is 8.78 Å². The standard InChI is InChI=1S/C10H9F2NS/c1-5-4-14-9-7(13)3-2-6(8(5)9)10(11)12/h2-4,10H,13H2,1H3. The summed E-state index contributed by atoms with van der Waals surface area (Å²) in [4.78, 5) is 0. The number of hydrogen-bond donors (Lipinski definition) is 1. The molecule has 14 heavy (non-hydrogen) atoms. The number of halogens is 2. The molecule has 0 atom stereocenters. The van der Waals surface area contributed by atoms with Crippen LogP contribution in [0.3, 0.4) is 0 Å². The Kier molecular flexibility index (Phi) is 2.15. The predicted molar refractivity (Wildman–Crippen MR) is 55.9 cm³/mol. The van der Waals surface area contributed by atoms with Gasteiger partial charge < -0.3 is 5.73 Å². The van der Waals surface area contributed by atoms with E-state index in [4.69, 9.17) is 5.73 Å². The van der Waals surface area contributed by atoms with Crippen molar-refractivity contribution in [1.29, 1.82) is 0 Å². The van der Waals surface area contributed by atoms with Gasteiger partial charge in [0, 0.05) is 16.6 Å². The number of alkyl halides is 2. The molecule has 1 nitrogen and oxygen atoms in total. The van der Waals surface area contributed by atoms with E-state index >= 15 is 0 Å². The largest absolute Gasteiger partial charge is 0.398 e. The highest BCUT2D eigenvalue weighted by molar-refractivity contribution is 7.18. The van der Waals surface area contributed by atoms with Crippen molar-refractivity contribution in [2.75, 3.05) is 5.73 Å². The first-order chi connectivity index (χ1) is 6.61. The number of thiophene rings is 1. The van der Waals surface area contributed by atoms with Gasteiger partial charge in [0.2, 0.25) is 0 Å². The molecule has 1 aromatic carbocycles. The van der Waals surface area contributed by atoms with Gasteiger partial charge >= 0.3 is 0 Å². The van der Waals surface area contributed by atoms with Gasteiger partial charge in [0.25, 0.3) is 6.43 Å². The lowest BCUT2D eigenvalue weighted by Crippen LogP contribution is -1.90. The molecular weight excluding hydrogens is 204 g/mol. The molecule has 0 fully saturated rings. The molecule has 0 saturated carbocycles. The van der Waals surface area contributed by atoms with E-state index in [-0.39, 0.29) is 5.56 Å². The maximum atomic E-state index is 12.7. The molecule has 0 spiro atoms. The van der Waals surface area contributed by atoms with Crippen LogP contribution in [-0.4, -0.2) is 0 Å². The molecule has 0 aliphatic heterocycles. The van der Waals surface area contributed by atoms with Crippen molar-refractivity contribution in [1.82, 2.24) is 0 Å². The number of rotatable bonds is 1. The van der Waals surface area contributed by atoms with E-state index in [0.717, 1.165) is 10.3 Å². The monoisotopic (exact) mass is 213 g/mol. The van der Waals surface area contributed by atoms with Crippen molar-refractivity contribution in [3.05, 3.63) is 28.6 Å². The Morgan fingerprint density at radius 2 is 2.07 bits per heavy atom. The molecule has 0 aliphatic rings. The molecule has 2 aromatic rings. The van der Waals surface area contributed by atoms with Crippen molar-refractivity contribution in [2.24, 2.45) is 0 Å². The Bertz CT molecular complexity index is 476. The fourth-order valence-corrected chi connectivity index (χ4v) is 2.55. The first kappa shape index (κ1) is 9.40. The molecule has 0 aliphatic carbocycles. The summed E-state index contributed by atoms with van der Waals surface area (Å²) in [7, 11) is 0. The Balaban J connectivity index is 2.85. The molecule has 0 unspecified atom stereocenters. The number of aryl methyl sites for hydroxylation is 1. The quantitative estimate of drug-likeness (QED) is 0.717. The maximum absolute atomic E-state index is 12.7. The van der Waals surface area contributed by atoms with Crippen LogP contribution in [0.4, 0.5) is 14.5 Å². The van der Waals surface area contributed by atoms with Gasteiger partial charge in [-0.25, -0.2) is 8.78 Å². The van der Waals surface area contributed by atoms with Gasteiger partial charge in [-0.05, 0) is 23.9 Å². The van der Waals surface area contributed by atoms with Crippen molar-refractivity contribution in [3.63, 3.8) is 0 Å². The summed E-state index contributed by atoms with van der Waals surface area (Å²) in [5, 5.41) is 2.47. The molecule has 0 amide bonds. The number of anilines is 1. The summed E-state index contributed by atoms with van der Waals surface area (Å²) in [5.74, 6) is 0. The molecule has 0 saturated heterocycles. The van der Waals surface area contributed by atoms with Crippen LogP contribution in [0.1, 0.15) is 17.6 Å². The highest BCUT2D eigenvalue weighted by Crippen LogP contribution is 2.37. The third kappa shape index (κ3) is 1.26. The molecule has 4 heteroatoms. The maximum Gasteiger partial charge on any atom is 0.264 e. The van der Waals surface area contributed by atoms with E-state index in [1.165, 1.54) is 17.4 Å². The second kappa shape index (κ2) is 3.20. The summed E-state index contributed by atoms with van der Waals surface area (Å²) in [6.07, 6.45) is -2.44. The Morgan fingerprint density at radius 3 is 2.71 bits per heavy atom. The van der Waals surface area contributed by atoms with Crippen LogP contribution in [0.25, 0.3) is 10.1 Å². The van der Waals surface area contributed by atoms with Crippen LogP contribution < -0.4 is 5.73 Å². The van der Waals surface area contributed by atoms with Gasteiger partial charge in [0.1, 0.15) is 0 Å². The van der Waals surface area contributed by atoms with Crippen LogP contribution >= 0.6 is 11.3 Å². The van der Waals surface area contributed by atoms with E-state index in [2.05, 4.69) is 0 Å². The van der Waals surface area contributed by atoms with Gasteiger partial charge in [-0.15, -0.1) is 11.3 Å². The minimum atomic E-state index is -2.44. The lowest BCUT2D eigenvalue weighted by molar-refractivity contribution is 0.153. The van der Waals surface area contributed by atoms with E-state index in [0.29, 0.717) is 11.1 Å². The third-order valence-electron chi connectivity index (χ3n) is 2.20. The zero-order valence-electron chi connectivity index (χ0n) is 7.55. The van der Waals surface area contributed by atoms with Gasteiger partial charge in [0.05, 0.1) is 4.70 Å². The highest BCUT2D eigenvalue weighted by atomic mass is 32.1. The molecule has 2 rings (SSSR count).